The molecule has 0 heterocycles. The van der Waals surface area contributed by atoms with Crippen LogP contribution in [0.25, 0.3) is 0 Å². The molecule has 1 amide bonds. The maximum Gasteiger partial charge on any atom is 0.225 e. The van der Waals surface area contributed by atoms with E-state index in [9.17, 15) is 9.90 Å². The first-order valence-electron chi connectivity index (χ1n) is 5.26. The van der Waals surface area contributed by atoms with Crippen LogP contribution in [0.5, 0.6) is 5.75 Å². The number of rotatable bonds is 3. The van der Waals surface area contributed by atoms with E-state index in [1.54, 1.807) is 26.0 Å². The van der Waals surface area contributed by atoms with Gasteiger partial charge in [0.05, 0.1) is 0 Å². The first-order valence-corrected chi connectivity index (χ1v) is 5.26. The molecule has 0 fully saturated rings. The van der Waals surface area contributed by atoms with Crippen molar-refractivity contribution >= 4 is 11.6 Å². The quantitative estimate of drug-likeness (QED) is 0.728. The van der Waals surface area contributed by atoms with E-state index >= 15 is 0 Å². The van der Waals surface area contributed by atoms with Crippen LogP contribution in [0.3, 0.4) is 0 Å². The molecule has 1 rings (SSSR count). The summed E-state index contributed by atoms with van der Waals surface area (Å²) in [4.78, 5) is 11.5. The molecule has 88 valence electrons. The van der Waals surface area contributed by atoms with Crippen molar-refractivity contribution in [1.29, 1.82) is 0 Å². The summed E-state index contributed by atoms with van der Waals surface area (Å²) in [5.41, 5.74) is 7.63. The Balaban J connectivity index is 2.82. The molecule has 16 heavy (non-hydrogen) atoms. The number of aryl methyl sites for hydroxylation is 1. The monoisotopic (exact) mass is 222 g/mol. The number of benzene rings is 1. The fraction of sp³-hybridized carbons (Fsp3) is 0.417. The van der Waals surface area contributed by atoms with Crippen LogP contribution in [0.15, 0.2) is 12.1 Å². The van der Waals surface area contributed by atoms with Crippen LogP contribution in [0.1, 0.15) is 24.5 Å². The second-order valence-electron chi connectivity index (χ2n) is 4.13. The lowest BCUT2D eigenvalue weighted by molar-refractivity contribution is -0.116. The first kappa shape index (κ1) is 12.5. The van der Waals surface area contributed by atoms with Crippen LogP contribution in [-0.4, -0.2) is 17.1 Å². The first-order chi connectivity index (χ1) is 7.41. The summed E-state index contributed by atoms with van der Waals surface area (Å²) >= 11 is 0. The second kappa shape index (κ2) is 4.99. The number of nitrogens with one attached hydrogen (secondary N) is 1. The lowest BCUT2D eigenvalue weighted by Crippen LogP contribution is -2.24. The van der Waals surface area contributed by atoms with E-state index in [4.69, 9.17) is 5.73 Å². The summed E-state index contributed by atoms with van der Waals surface area (Å²) in [6.45, 7) is 5.36. The van der Waals surface area contributed by atoms with Gasteiger partial charge in [-0.3, -0.25) is 4.79 Å². The highest BCUT2D eigenvalue weighted by molar-refractivity contribution is 5.92. The second-order valence-corrected chi connectivity index (χ2v) is 4.13. The number of carbonyl (C=O) groups excluding carboxylic acids is 1. The summed E-state index contributed by atoms with van der Waals surface area (Å²) < 4.78 is 0. The molecule has 0 saturated carbocycles. The topological polar surface area (TPSA) is 75.4 Å². The Bertz CT molecular complexity index is 400. The summed E-state index contributed by atoms with van der Waals surface area (Å²) in [5.74, 6) is 0.0833. The summed E-state index contributed by atoms with van der Waals surface area (Å²) in [6.07, 6.45) is 0.272. The van der Waals surface area contributed by atoms with Gasteiger partial charge in [0, 0.05) is 23.7 Å². The van der Waals surface area contributed by atoms with E-state index in [1.165, 1.54) is 0 Å². The van der Waals surface area contributed by atoms with Gasteiger partial charge in [-0.2, -0.15) is 0 Å². The highest BCUT2D eigenvalue weighted by Gasteiger charge is 2.10. The van der Waals surface area contributed by atoms with Crippen LogP contribution in [0.4, 0.5) is 5.69 Å². The average Bonchev–Trinajstić information content (AvgIpc) is 2.18. The van der Waals surface area contributed by atoms with Crippen LogP contribution in [0.2, 0.25) is 0 Å². The number of aromatic hydroxyl groups is 1. The maximum absolute atomic E-state index is 11.5. The zero-order valence-corrected chi connectivity index (χ0v) is 9.87. The molecular weight excluding hydrogens is 204 g/mol. The van der Waals surface area contributed by atoms with E-state index in [1.807, 2.05) is 6.92 Å². The van der Waals surface area contributed by atoms with Crippen molar-refractivity contribution in [1.82, 2.24) is 0 Å². The molecule has 0 radical (unpaired) electrons. The Morgan fingerprint density at radius 2 is 2.12 bits per heavy atom. The van der Waals surface area contributed by atoms with Crippen LogP contribution < -0.4 is 11.1 Å². The lowest BCUT2D eigenvalue weighted by atomic mass is 10.1. The Labute approximate surface area is 95.5 Å². The minimum Gasteiger partial charge on any atom is -0.507 e. The van der Waals surface area contributed by atoms with Gasteiger partial charge in [-0.25, -0.2) is 0 Å². The number of carbonyl (C=O) groups is 1. The van der Waals surface area contributed by atoms with E-state index in [0.717, 1.165) is 5.56 Å². The number of hydrogen-bond donors (Lipinski definition) is 3. The molecule has 4 heteroatoms. The van der Waals surface area contributed by atoms with Crippen molar-refractivity contribution < 1.29 is 9.90 Å². The van der Waals surface area contributed by atoms with Gasteiger partial charge in [-0.15, -0.1) is 0 Å². The number of amides is 1. The minimum atomic E-state index is -0.167. The van der Waals surface area contributed by atoms with Gasteiger partial charge in [0.1, 0.15) is 5.75 Å². The number of anilines is 1. The van der Waals surface area contributed by atoms with E-state index in [-0.39, 0.29) is 24.1 Å². The molecule has 0 aliphatic carbocycles. The minimum absolute atomic E-state index is 0.138. The number of nitrogens with two attached hydrogens (primary N) is 1. The smallest absolute Gasteiger partial charge is 0.225 e. The van der Waals surface area contributed by atoms with Gasteiger partial charge < -0.3 is 16.2 Å². The van der Waals surface area contributed by atoms with Gasteiger partial charge in [0.25, 0.3) is 0 Å². The predicted molar refractivity (Wildman–Crippen MR) is 64.5 cm³/mol. The molecule has 0 aliphatic rings. The van der Waals surface area contributed by atoms with Gasteiger partial charge in [0.2, 0.25) is 5.91 Å². The van der Waals surface area contributed by atoms with Crippen molar-refractivity contribution in [3.63, 3.8) is 0 Å². The standard InChI is InChI=1S/C12H18N2O2/c1-7-4-5-10(9(3)12(7)16)14-11(15)6-8(2)13/h4-5,8,16H,6,13H2,1-3H3,(H,14,15). The molecule has 0 aromatic heterocycles. The molecule has 0 bridgehead atoms. The zero-order chi connectivity index (χ0) is 12.3. The van der Waals surface area contributed by atoms with Crippen molar-refractivity contribution in [3.8, 4) is 5.75 Å². The highest BCUT2D eigenvalue weighted by atomic mass is 16.3. The molecule has 1 atom stereocenters. The predicted octanol–water partition coefficient (Wildman–Crippen LogP) is 1.68. The van der Waals surface area contributed by atoms with E-state index in [0.29, 0.717) is 11.3 Å². The Hall–Kier alpha value is -1.55. The molecule has 1 aromatic rings. The fourth-order valence-corrected chi connectivity index (χ4v) is 1.46. The van der Waals surface area contributed by atoms with Crippen LogP contribution in [-0.2, 0) is 4.79 Å². The lowest BCUT2D eigenvalue weighted by Gasteiger charge is -2.12. The van der Waals surface area contributed by atoms with Crippen LogP contribution >= 0.6 is 0 Å². The Morgan fingerprint density at radius 1 is 1.50 bits per heavy atom. The number of phenolic OH excluding ortho intramolecular Hbond substituents is 1. The maximum atomic E-state index is 11.5. The zero-order valence-electron chi connectivity index (χ0n) is 9.87. The van der Waals surface area contributed by atoms with Gasteiger partial charge in [0.15, 0.2) is 0 Å². The molecule has 0 saturated heterocycles. The summed E-state index contributed by atoms with van der Waals surface area (Å²) in [7, 11) is 0. The van der Waals surface area contributed by atoms with Crippen molar-refractivity contribution in [2.75, 3.05) is 5.32 Å². The third-order valence-electron chi connectivity index (χ3n) is 2.41. The normalized spacial score (nSPS) is 12.2. The Morgan fingerprint density at radius 3 is 2.69 bits per heavy atom. The van der Waals surface area contributed by atoms with Gasteiger partial charge >= 0.3 is 0 Å². The molecular formula is C12H18N2O2. The molecule has 4 nitrogen and oxygen atoms in total. The molecule has 1 unspecified atom stereocenters. The van der Waals surface area contributed by atoms with Gasteiger partial charge in [-0.05, 0) is 32.4 Å². The summed E-state index contributed by atoms with van der Waals surface area (Å²) in [5, 5.41) is 12.4. The fourth-order valence-electron chi connectivity index (χ4n) is 1.46. The number of hydrogen-bond acceptors (Lipinski definition) is 3. The molecule has 0 spiro atoms. The van der Waals surface area contributed by atoms with Crippen molar-refractivity contribution in [2.24, 2.45) is 5.73 Å². The molecule has 4 N–H and O–H groups in total. The van der Waals surface area contributed by atoms with Gasteiger partial charge in [-0.1, -0.05) is 6.07 Å². The highest BCUT2D eigenvalue weighted by Crippen LogP contribution is 2.27. The Kier molecular flexibility index (Phi) is 3.90. The van der Waals surface area contributed by atoms with Crippen molar-refractivity contribution in [2.45, 2.75) is 33.2 Å². The van der Waals surface area contributed by atoms with Crippen molar-refractivity contribution in [3.05, 3.63) is 23.3 Å². The summed E-state index contributed by atoms with van der Waals surface area (Å²) in [6, 6.07) is 3.38. The third kappa shape index (κ3) is 2.97. The molecule has 0 aliphatic heterocycles. The van der Waals surface area contributed by atoms with E-state index in [2.05, 4.69) is 5.32 Å². The third-order valence-corrected chi connectivity index (χ3v) is 2.41. The number of phenols is 1. The average molecular weight is 222 g/mol. The SMILES string of the molecule is Cc1ccc(NC(=O)CC(C)N)c(C)c1O. The largest absolute Gasteiger partial charge is 0.507 e. The van der Waals surface area contributed by atoms with Crippen LogP contribution in [0, 0.1) is 13.8 Å². The molecule has 1 aromatic carbocycles. The van der Waals surface area contributed by atoms with E-state index < -0.39 is 0 Å².